The zero-order valence-electron chi connectivity index (χ0n) is 14.3. The second kappa shape index (κ2) is 6.84. The van der Waals surface area contributed by atoms with Gasteiger partial charge in [0.25, 0.3) is 0 Å². The number of fused-ring (bicyclic) bond motifs is 1. The number of amides is 1. The summed E-state index contributed by atoms with van der Waals surface area (Å²) in [6.45, 7) is 3.44. The molecular formula is C19H22N4O. The van der Waals surface area contributed by atoms with Crippen LogP contribution < -0.4 is 5.32 Å². The molecule has 0 saturated carbocycles. The molecule has 0 fully saturated rings. The summed E-state index contributed by atoms with van der Waals surface area (Å²) in [6.07, 6.45) is 3.93. The average molecular weight is 322 g/mol. The Kier molecular flexibility index (Phi) is 4.62. The van der Waals surface area contributed by atoms with E-state index in [4.69, 9.17) is 0 Å². The number of carbonyl (C=O) groups excluding carboxylic acids is 1. The third-order valence-electron chi connectivity index (χ3n) is 3.96. The van der Waals surface area contributed by atoms with Crippen LogP contribution in [0, 0.1) is 0 Å². The number of pyridine rings is 1. The quantitative estimate of drug-likeness (QED) is 0.784. The van der Waals surface area contributed by atoms with Crippen LogP contribution in [-0.2, 0) is 11.3 Å². The Morgan fingerprint density at radius 3 is 2.62 bits per heavy atom. The van der Waals surface area contributed by atoms with E-state index >= 15 is 0 Å². The number of rotatable bonds is 5. The minimum atomic E-state index is -0.115. The zero-order valence-corrected chi connectivity index (χ0v) is 14.3. The summed E-state index contributed by atoms with van der Waals surface area (Å²) in [7, 11) is 4.17. The third-order valence-corrected chi connectivity index (χ3v) is 3.96. The van der Waals surface area contributed by atoms with Crippen LogP contribution in [0.25, 0.3) is 22.0 Å². The topological polar surface area (TPSA) is 50.2 Å². The van der Waals surface area contributed by atoms with Gasteiger partial charge in [-0.2, -0.15) is 0 Å². The molecule has 5 heteroatoms. The molecule has 0 radical (unpaired) electrons. The normalized spacial score (nSPS) is 11.2. The van der Waals surface area contributed by atoms with Gasteiger partial charge < -0.3 is 14.8 Å². The smallest absolute Gasteiger partial charge is 0.222 e. The monoisotopic (exact) mass is 322 g/mol. The minimum Gasteiger partial charge on any atom is -0.346 e. The average Bonchev–Trinajstić information content (AvgIpc) is 2.95. The van der Waals surface area contributed by atoms with E-state index in [0.29, 0.717) is 5.82 Å². The van der Waals surface area contributed by atoms with Crippen molar-refractivity contribution in [3.63, 3.8) is 0 Å². The Morgan fingerprint density at radius 2 is 1.96 bits per heavy atom. The predicted molar refractivity (Wildman–Crippen MR) is 98.0 cm³/mol. The number of nitrogens with one attached hydrogen (secondary N) is 1. The summed E-state index contributed by atoms with van der Waals surface area (Å²) in [4.78, 5) is 17.6. The van der Waals surface area contributed by atoms with Gasteiger partial charge in [0.2, 0.25) is 5.91 Å². The number of hydrogen-bond acceptors (Lipinski definition) is 3. The van der Waals surface area contributed by atoms with Gasteiger partial charge in [-0.25, -0.2) is 4.98 Å². The van der Waals surface area contributed by atoms with Gasteiger partial charge in [-0.1, -0.05) is 12.1 Å². The Labute approximate surface area is 141 Å². The summed E-state index contributed by atoms with van der Waals surface area (Å²) in [5, 5.41) is 3.92. The van der Waals surface area contributed by atoms with Crippen LogP contribution in [0.15, 0.2) is 48.8 Å². The van der Waals surface area contributed by atoms with Crippen LogP contribution in [-0.4, -0.2) is 41.0 Å². The summed E-state index contributed by atoms with van der Waals surface area (Å²) in [6, 6.07) is 12.4. The molecule has 0 aliphatic carbocycles. The van der Waals surface area contributed by atoms with Crippen molar-refractivity contribution in [2.45, 2.75) is 13.5 Å². The van der Waals surface area contributed by atoms with Crippen LogP contribution in [0.4, 0.5) is 5.82 Å². The fraction of sp³-hybridized carbons (Fsp3) is 0.263. The number of hydrogen-bond donors (Lipinski definition) is 1. The molecule has 124 valence electrons. The maximum absolute atomic E-state index is 11.1. The first-order valence-corrected chi connectivity index (χ1v) is 8.00. The molecule has 1 N–H and O–H groups in total. The molecule has 0 atom stereocenters. The van der Waals surface area contributed by atoms with E-state index in [1.807, 2.05) is 12.1 Å². The minimum absolute atomic E-state index is 0.115. The van der Waals surface area contributed by atoms with Gasteiger partial charge in [-0.05, 0) is 49.3 Å². The van der Waals surface area contributed by atoms with Gasteiger partial charge >= 0.3 is 0 Å². The van der Waals surface area contributed by atoms with Crippen LogP contribution in [0.5, 0.6) is 0 Å². The summed E-state index contributed by atoms with van der Waals surface area (Å²) >= 11 is 0. The number of benzene rings is 1. The maximum Gasteiger partial charge on any atom is 0.222 e. The van der Waals surface area contributed by atoms with Crippen molar-refractivity contribution < 1.29 is 4.79 Å². The summed E-state index contributed by atoms with van der Waals surface area (Å²) in [5.41, 5.74) is 3.38. The van der Waals surface area contributed by atoms with Crippen LogP contribution in [0.3, 0.4) is 0 Å². The van der Waals surface area contributed by atoms with Crippen molar-refractivity contribution in [3.05, 3.63) is 48.8 Å². The lowest BCUT2D eigenvalue weighted by atomic mass is 10.1. The van der Waals surface area contributed by atoms with Crippen molar-refractivity contribution in [1.82, 2.24) is 14.5 Å². The first-order chi connectivity index (χ1) is 11.5. The fourth-order valence-electron chi connectivity index (χ4n) is 2.69. The van der Waals surface area contributed by atoms with E-state index in [-0.39, 0.29) is 5.91 Å². The highest BCUT2D eigenvalue weighted by molar-refractivity contribution is 5.88. The Balaban J connectivity index is 1.89. The van der Waals surface area contributed by atoms with Crippen LogP contribution in [0.2, 0.25) is 0 Å². The SMILES string of the molecule is CC(=O)Nc1ccc(-c2ccc3ccn(CCN(C)C)c3c2)cn1. The molecule has 1 aromatic carbocycles. The lowest BCUT2D eigenvalue weighted by Gasteiger charge is -2.12. The predicted octanol–water partition coefficient (Wildman–Crippen LogP) is 3.22. The lowest BCUT2D eigenvalue weighted by Crippen LogP contribution is -2.17. The highest BCUT2D eigenvalue weighted by Gasteiger charge is 2.06. The van der Waals surface area contributed by atoms with E-state index in [1.165, 1.54) is 17.8 Å². The Morgan fingerprint density at radius 1 is 1.17 bits per heavy atom. The van der Waals surface area contributed by atoms with Crippen LogP contribution >= 0.6 is 0 Å². The number of nitrogens with zero attached hydrogens (tertiary/aromatic N) is 3. The molecule has 3 rings (SSSR count). The van der Waals surface area contributed by atoms with Gasteiger partial charge in [-0.3, -0.25) is 4.79 Å². The van der Waals surface area contributed by atoms with Crippen molar-refractivity contribution in [1.29, 1.82) is 0 Å². The summed E-state index contributed by atoms with van der Waals surface area (Å²) in [5.74, 6) is 0.456. The van der Waals surface area contributed by atoms with E-state index in [1.54, 1.807) is 6.20 Å². The number of anilines is 1. The number of likely N-dealkylation sites (N-methyl/N-ethyl adjacent to an activating group) is 1. The van der Waals surface area contributed by atoms with Gasteiger partial charge in [0.05, 0.1) is 0 Å². The molecule has 3 aromatic rings. The van der Waals surface area contributed by atoms with E-state index in [9.17, 15) is 4.79 Å². The molecular weight excluding hydrogens is 300 g/mol. The molecule has 0 saturated heterocycles. The van der Waals surface area contributed by atoms with Gasteiger partial charge in [0.1, 0.15) is 5.82 Å². The molecule has 2 aromatic heterocycles. The largest absolute Gasteiger partial charge is 0.346 e. The summed E-state index contributed by atoms with van der Waals surface area (Å²) < 4.78 is 2.28. The Bertz CT molecular complexity index is 849. The molecule has 0 aliphatic rings. The highest BCUT2D eigenvalue weighted by atomic mass is 16.1. The zero-order chi connectivity index (χ0) is 17.1. The van der Waals surface area contributed by atoms with Gasteiger partial charge in [0.15, 0.2) is 0 Å². The number of aromatic nitrogens is 2. The van der Waals surface area contributed by atoms with Crippen LogP contribution in [0.1, 0.15) is 6.92 Å². The Hall–Kier alpha value is -2.66. The van der Waals surface area contributed by atoms with Gasteiger partial charge in [0, 0.05) is 43.5 Å². The first kappa shape index (κ1) is 16.2. The molecule has 24 heavy (non-hydrogen) atoms. The van der Waals surface area contributed by atoms with Crippen molar-refractivity contribution in [2.75, 3.05) is 26.0 Å². The maximum atomic E-state index is 11.1. The van der Waals surface area contributed by atoms with E-state index in [0.717, 1.165) is 24.2 Å². The molecule has 0 unspecified atom stereocenters. The first-order valence-electron chi connectivity index (χ1n) is 8.00. The number of carbonyl (C=O) groups is 1. The third kappa shape index (κ3) is 3.63. The van der Waals surface area contributed by atoms with Gasteiger partial charge in [-0.15, -0.1) is 0 Å². The second-order valence-electron chi connectivity index (χ2n) is 6.20. The molecule has 5 nitrogen and oxygen atoms in total. The van der Waals surface area contributed by atoms with Crippen molar-refractivity contribution in [3.8, 4) is 11.1 Å². The molecule has 0 aliphatic heterocycles. The second-order valence-corrected chi connectivity index (χ2v) is 6.20. The fourth-order valence-corrected chi connectivity index (χ4v) is 2.69. The lowest BCUT2D eigenvalue weighted by molar-refractivity contribution is -0.114. The van der Waals surface area contributed by atoms with E-state index in [2.05, 4.69) is 64.3 Å². The van der Waals surface area contributed by atoms with E-state index < -0.39 is 0 Å². The molecule has 1 amide bonds. The molecule has 0 spiro atoms. The standard InChI is InChI=1S/C19H22N4O/c1-14(24)21-19-7-6-17(13-20-19)16-5-4-15-8-9-23(18(15)12-16)11-10-22(2)3/h4-9,12-13H,10-11H2,1-3H3,(H,20,21,24). The molecule has 0 bridgehead atoms. The van der Waals surface area contributed by atoms with Crippen molar-refractivity contribution >= 4 is 22.6 Å². The van der Waals surface area contributed by atoms with Crippen molar-refractivity contribution in [2.24, 2.45) is 0 Å². The molecule has 2 heterocycles. The highest BCUT2D eigenvalue weighted by Crippen LogP contribution is 2.25.